The van der Waals surface area contributed by atoms with Crippen LogP contribution in [-0.4, -0.2) is 0 Å². The second kappa shape index (κ2) is 6.41. The molecule has 0 saturated heterocycles. The third-order valence-electron chi connectivity index (χ3n) is 4.24. The second-order valence-corrected chi connectivity index (χ2v) is 5.86. The Labute approximate surface area is 142 Å². The molecule has 3 aromatic carbocycles. The van der Waals surface area contributed by atoms with Gasteiger partial charge in [0.1, 0.15) is 0 Å². The van der Waals surface area contributed by atoms with Crippen LogP contribution in [0.4, 0.5) is 0 Å². The van der Waals surface area contributed by atoms with Crippen molar-refractivity contribution in [2.75, 3.05) is 0 Å². The fourth-order valence-corrected chi connectivity index (χ4v) is 2.83. The average molecular weight is 308 g/mol. The van der Waals surface area contributed by atoms with Gasteiger partial charge in [-0.3, -0.25) is 0 Å². The summed E-state index contributed by atoms with van der Waals surface area (Å²) in [5, 5.41) is 18.0. The smallest absolute Gasteiger partial charge is 0.0994 e. The lowest BCUT2D eigenvalue weighted by Crippen LogP contribution is -1.90. The quantitative estimate of drug-likeness (QED) is 0.638. The Bertz CT molecular complexity index is 967. The summed E-state index contributed by atoms with van der Waals surface area (Å²) in [4.78, 5) is 0. The number of hydrogen-bond donors (Lipinski definition) is 0. The van der Waals surface area contributed by atoms with Gasteiger partial charge in [-0.05, 0) is 71.5 Å². The van der Waals surface area contributed by atoms with Gasteiger partial charge in [-0.2, -0.15) is 10.5 Å². The van der Waals surface area contributed by atoms with Crippen LogP contribution in [0, 0.1) is 36.5 Å². The van der Waals surface area contributed by atoms with Gasteiger partial charge in [0.05, 0.1) is 23.3 Å². The molecule has 0 N–H and O–H groups in total. The summed E-state index contributed by atoms with van der Waals surface area (Å²) in [6.45, 7) is 4.00. The maximum absolute atomic E-state index is 9.13. The zero-order valence-corrected chi connectivity index (χ0v) is 13.7. The van der Waals surface area contributed by atoms with Crippen LogP contribution in [0.1, 0.15) is 22.3 Å². The summed E-state index contributed by atoms with van der Waals surface area (Å²) < 4.78 is 0. The molecule has 3 aromatic rings. The Morgan fingerprint density at radius 1 is 0.625 bits per heavy atom. The molecule has 0 unspecified atom stereocenters. The normalized spacial score (nSPS) is 10.0. The molecule has 114 valence electrons. The minimum absolute atomic E-state index is 0.666. The average Bonchev–Trinajstić information content (AvgIpc) is 2.63. The van der Waals surface area contributed by atoms with Crippen LogP contribution in [0.5, 0.6) is 0 Å². The van der Waals surface area contributed by atoms with Crippen molar-refractivity contribution >= 4 is 0 Å². The minimum atomic E-state index is 0.666. The summed E-state index contributed by atoms with van der Waals surface area (Å²) in [6, 6.07) is 24.3. The second-order valence-electron chi connectivity index (χ2n) is 5.86. The largest absolute Gasteiger partial charge is 0.192 e. The fourth-order valence-electron chi connectivity index (χ4n) is 2.83. The van der Waals surface area contributed by atoms with Crippen LogP contribution in [0.2, 0.25) is 0 Å². The predicted molar refractivity (Wildman–Crippen MR) is 96.2 cm³/mol. The first-order valence-electron chi connectivity index (χ1n) is 7.74. The van der Waals surface area contributed by atoms with Crippen LogP contribution >= 0.6 is 0 Å². The van der Waals surface area contributed by atoms with Crippen LogP contribution in [-0.2, 0) is 0 Å². The maximum atomic E-state index is 9.13. The van der Waals surface area contributed by atoms with Gasteiger partial charge in [0.25, 0.3) is 0 Å². The molecule has 0 heterocycles. The topological polar surface area (TPSA) is 47.6 Å². The summed E-state index contributed by atoms with van der Waals surface area (Å²) in [7, 11) is 0. The summed E-state index contributed by atoms with van der Waals surface area (Å²) >= 11 is 0. The first-order valence-corrected chi connectivity index (χ1v) is 7.74. The molecular weight excluding hydrogens is 292 g/mol. The van der Waals surface area contributed by atoms with E-state index in [2.05, 4.69) is 42.5 Å². The fraction of sp³-hybridized carbons (Fsp3) is 0.0909. The van der Waals surface area contributed by atoms with E-state index in [1.54, 1.807) is 0 Å². The number of hydrogen-bond acceptors (Lipinski definition) is 2. The molecule has 0 atom stereocenters. The highest BCUT2D eigenvalue weighted by Gasteiger charge is 2.07. The molecule has 0 aliphatic heterocycles. The van der Waals surface area contributed by atoms with E-state index in [-0.39, 0.29) is 0 Å². The standard InChI is InChI=1S/C22H16N2/c1-15-12-22(16(2)11-21(15)14-24)20-9-7-19(8-10-20)18-5-3-17(13-23)4-6-18/h3-12H,1-2H3. The van der Waals surface area contributed by atoms with E-state index >= 15 is 0 Å². The molecular formula is C22H16N2. The van der Waals surface area contributed by atoms with E-state index in [0.717, 1.165) is 38.9 Å². The molecule has 0 amide bonds. The Balaban J connectivity index is 1.96. The molecule has 0 aromatic heterocycles. The van der Waals surface area contributed by atoms with Crippen molar-refractivity contribution in [3.8, 4) is 34.4 Å². The van der Waals surface area contributed by atoms with E-state index in [1.807, 2.05) is 44.2 Å². The molecule has 0 radical (unpaired) electrons. The molecule has 0 bridgehead atoms. The van der Waals surface area contributed by atoms with Gasteiger partial charge in [0, 0.05) is 0 Å². The molecule has 0 spiro atoms. The van der Waals surface area contributed by atoms with E-state index in [9.17, 15) is 0 Å². The Kier molecular flexibility index (Phi) is 4.15. The van der Waals surface area contributed by atoms with Gasteiger partial charge in [0.15, 0.2) is 0 Å². The Morgan fingerprint density at radius 3 is 1.71 bits per heavy atom. The monoisotopic (exact) mass is 308 g/mol. The van der Waals surface area contributed by atoms with Gasteiger partial charge in [-0.1, -0.05) is 36.4 Å². The van der Waals surface area contributed by atoms with Crippen LogP contribution < -0.4 is 0 Å². The van der Waals surface area contributed by atoms with E-state index < -0.39 is 0 Å². The highest BCUT2D eigenvalue weighted by molar-refractivity contribution is 5.73. The number of aryl methyl sites for hydroxylation is 2. The SMILES string of the molecule is Cc1cc(-c2ccc(-c3ccc(C#N)cc3)cc2)c(C)cc1C#N. The van der Waals surface area contributed by atoms with Gasteiger partial charge < -0.3 is 0 Å². The summed E-state index contributed by atoms with van der Waals surface area (Å²) in [5.74, 6) is 0. The van der Waals surface area contributed by atoms with Crippen molar-refractivity contribution in [1.82, 2.24) is 0 Å². The molecule has 0 aliphatic carbocycles. The molecule has 0 saturated carbocycles. The third-order valence-corrected chi connectivity index (χ3v) is 4.24. The molecule has 2 heteroatoms. The van der Waals surface area contributed by atoms with Crippen molar-refractivity contribution in [1.29, 1.82) is 10.5 Å². The first kappa shape index (κ1) is 15.5. The minimum Gasteiger partial charge on any atom is -0.192 e. The van der Waals surface area contributed by atoms with E-state index in [0.29, 0.717) is 5.56 Å². The highest BCUT2D eigenvalue weighted by Crippen LogP contribution is 2.29. The lowest BCUT2D eigenvalue weighted by molar-refractivity contribution is 1.34. The maximum Gasteiger partial charge on any atom is 0.0994 e. The predicted octanol–water partition coefficient (Wildman–Crippen LogP) is 5.38. The third kappa shape index (κ3) is 2.91. The van der Waals surface area contributed by atoms with Crippen LogP contribution in [0.3, 0.4) is 0 Å². The van der Waals surface area contributed by atoms with Crippen LogP contribution in [0.15, 0.2) is 60.7 Å². The van der Waals surface area contributed by atoms with Gasteiger partial charge in [-0.25, -0.2) is 0 Å². The molecule has 24 heavy (non-hydrogen) atoms. The Hall–Kier alpha value is -3.36. The first-order chi connectivity index (χ1) is 11.6. The van der Waals surface area contributed by atoms with Crippen molar-refractivity contribution in [3.63, 3.8) is 0 Å². The number of rotatable bonds is 2. The lowest BCUT2D eigenvalue weighted by Gasteiger charge is -2.10. The van der Waals surface area contributed by atoms with Gasteiger partial charge in [-0.15, -0.1) is 0 Å². The van der Waals surface area contributed by atoms with Crippen LogP contribution in [0.25, 0.3) is 22.3 Å². The van der Waals surface area contributed by atoms with E-state index in [1.165, 1.54) is 0 Å². The molecule has 0 aliphatic rings. The van der Waals surface area contributed by atoms with Gasteiger partial charge in [0.2, 0.25) is 0 Å². The summed E-state index contributed by atoms with van der Waals surface area (Å²) in [6.07, 6.45) is 0. The van der Waals surface area contributed by atoms with Crippen molar-refractivity contribution in [3.05, 3.63) is 82.9 Å². The zero-order chi connectivity index (χ0) is 17.1. The summed E-state index contributed by atoms with van der Waals surface area (Å²) in [5.41, 5.74) is 7.98. The lowest BCUT2D eigenvalue weighted by atomic mass is 9.94. The molecule has 0 fully saturated rings. The van der Waals surface area contributed by atoms with E-state index in [4.69, 9.17) is 10.5 Å². The zero-order valence-electron chi connectivity index (χ0n) is 13.7. The Morgan fingerprint density at radius 2 is 1.17 bits per heavy atom. The number of nitrogens with zero attached hydrogens (tertiary/aromatic N) is 2. The number of benzene rings is 3. The van der Waals surface area contributed by atoms with Gasteiger partial charge >= 0.3 is 0 Å². The van der Waals surface area contributed by atoms with Crippen molar-refractivity contribution in [2.24, 2.45) is 0 Å². The number of nitriles is 2. The molecule has 3 rings (SSSR count). The van der Waals surface area contributed by atoms with Crippen molar-refractivity contribution < 1.29 is 0 Å². The highest BCUT2D eigenvalue weighted by atomic mass is 14.2. The molecule has 2 nitrogen and oxygen atoms in total. The van der Waals surface area contributed by atoms with Crippen molar-refractivity contribution in [2.45, 2.75) is 13.8 Å².